The smallest absolute Gasteiger partial charge is 0.266 e. The number of rotatable bonds is 0. The molecule has 5 rings (SSSR count). The van der Waals surface area contributed by atoms with Crippen LogP contribution in [0.4, 0.5) is 5.69 Å². The van der Waals surface area contributed by atoms with Gasteiger partial charge in [0.1, 0.15) is 15.7 Å². The van der Waals surface area contributed by atoms with Crippen molar-refractivity contribution in [1.82, 2.24) is 9.88 Å². The summed E-state index contributed by atoms with van der Waals surface area (Å²) in [6.07, 6.45) is 4.86. The Balaban J connectivity index is 1.69. The zero-order valence-electron chi connectivity index (χ0n) is 13.6. The normalized spacial score (nSPS) is 26.0. The lowest BCUT2D eigenvalue weighted by Gasteiger charge is -2.21. The quantitative estimate of drug-likeness (QED) is 0.801. The Morgan fingerprint density at radius 1 is 1.33 bits per heavy atom. The highest BCUT2D eigenvalue weighted by molar-refractivity contribution is 7.21. The fourth-order valence-electron chi connectivity index (χ4n) is 4.25. The summed E-state index contributed by atoms with van der Waals surface area (Å²) in [5, 5.41) is 3.97. The summed E-state index contributed by atoms with van der Waals surface area (Å²) in [5.41, 5.74) is 3.12. The third-order valence-corrected chi connectivity index (χ3v) is 6.64. The van der Waals surface area contributed by atoms with Gasteiger partial charge in [-0.1, -0.05) is 6.92 Å². The van der Waals surface area contributed by atoms with E-state index in [1.807, 2.05) is 0 Å². The molecule has 1 N–H and O–H groups in total. The van der Waals surface area contributed by atoms with Crippen LogP contribution in [-0.4, -0.2) is 34.3 Å². The fraction of sp³-hybridized carbons (Fsp3) is 0.500. The first-order valence-electron chi connectivity index (χ1n) is 8.69. The number of anilines is 1. The molecule has 0 bridgehead atoms. The Labute approximate surface area is 144 Å². The molecular formula is C18H19N3O2S. The van der Waals surface area contributed by atoms with E-state index in [1.165, 1.54) is 23.3 Å². The molecule has 2 atom stereocenters. The number of carbonyl (C=O) groups excluding carboxylic acids is 2. The number of amides is 2. The average Bonchev–Trinajstić information content (AvgIpc) is 3.15. The minimum atomic E-state index is -0.308. The molecule has 2 aromatic rings. The van der Waals surface area contributed by atoms with Crippen molar-refractivity contribution in [3.05, 3.63) is 22.2 Å². The summed E-state index contributed by atoms with van der Waals surface area (Å²) in [4.78, 5) is 33.6. The molecule has 1 aliphatic carbocycles. The zero-order valence-corrected chi connectivity index (χ0v) is 14.4. The van der Waals surface area contributed by atoms with Crippen molar-refractivity contribution in [2.75, 3.05) is 11.9 Å². The summed E-state index contributed by atoms with van der Waals surface area (Å²) in [6, 6.07) is 1.85. The van der Waals surface area contributed by atoms with Crippen molar-refractivity contribution in [2.24, 2.45) is 5.92 Å². The molecule has 0 spiro atoms. The third-order valence-electron chi connectivity index (χ3n) is 5.55. The number of hydrogen-bond acceptors (Lipinski definition) is 4. The van der Waals surface area contributed by atoms with E-state index in [2.05, 4.69) is 18.3 Å². The first kappa shape index (κ1) is 14.4. The zero-order chi connectivity index (χ0) is 16.4. The van der Waals surface area contributed by atoms with E-state index in [1.54, 1.807) is 4.90 Å². The number of fused-ring (bicyclic) bond motifs is 5. The van der Waals surface area contributed by atoms with Gasteiger partial charge in [0.25, 0.3) is 5.91 Å². The molecule has 2 amide bonds. The topological polar surface area (TPSA) is 62.3 Å². The molecule has 5 nitrogen and oxygen atoms in total. The highest BCUT2D eigenvalue weighted by Crippen LogP contribution is 2.41. The number of thiophene rings is 1. The van der Waals surface area contributed by atoms with Gasteiger partial charge < -0.3 is 10.2 Å². The SMILES string of the molecule is CC1CCc2nc3sc4c(c3cc2C1)NC(=O)[C@H]1CCCN1C4=O. The second kappa shape index (κ2) is 5.02. The second-order valence-electron chi connectivity index (χ2n) is 7.25. The van der Waals surface area contributed by atoms with Gasteiger partial charge in [0.2, 0.25) is 5.91 Å². The van der Waals surface area contributed by atoms with E-state index in [0.29, 0.717) is 23.0 Å². The molecule has 0 aromatic carbocycles. The maximum absolute atomic E-state index is 12.9. The number of hydrogen-bond donors (Lipinski definition) is 1. The van der Waals surface area contributed by atoms with Gasteiger partial charge in [-0.2, -0.15) is 0 Å². The molecule has 124 valence electrons. The summed E-state index contributed by atoms with van der Waals surface area (Å²) in [6.45, 7) is 2.94. The van der Waals surface area contributed by atoms with Crippen molar-refractivity contribution >= 4 is 39.1 Å². The molecule has 24 heavy (non-hydrogen) atoms. The van der Waals surface area contributed by atoms with Crippen LogP contribution in [0.3, 0.4) is 0 Å². The van der Waals surface area contributed by atoms with Crippen LogP contribution in [0.5, 0.6) is 0 Å². The Kier molecular flexibility index (Phi) is 3.01. The van der Waals surface area contributed by atoms with Crippen LogP contribution in [0.2, 0.25) is 0 Å². The Hall–Kier alpha value is -1.95. The summed E-state index contributed by atoms with van der Waals surface area (Å²) >= 11 is 1.43. The molecule has 0 radical (unpaired) electrons. The lowest BCUT2D eigenvalue weighted by atomic mass is 9.87. The summed E-state index contributed by atoms with van der Waals surface area (Å²) < 4.78 is 0. The minimum Gasteiger partial charge on any atom is -0.326 e. The first-order valence-corrected chi connectivity index (χ1v) is 9.50. The number of aromatic nitrogens is 1. The fourth-order valence-corrected chi connectivity index (χ4v) is 5.34. The lowest BCUT2D eigenvalue weighted by Crippen LogP contribution is -2.40. The van der Waals surface area contributed by atoms with Crippen LogP contribution in [0.15, 0.2) is 6.07 Å². The van der Waals surface area contributed by atoms with Crippen LogP contribution >= 0.6 is 11.3 Å². The standard InChI is InChI=1S/C18H19N3O2S/c1-9-4-5-12-10(7-9)8-11-14-15(24-17(11)19-12)18(23)21-6-2-3-13(21)16(22)20-14/h8-9,13H,2-7H2,1H3,(H,20,22)/t9?,13-/m1/s1. The van der Waals surface area contributed by atoms with Crippen molar-refractivity contribution in [3.63, 3.8) is 0 Å². The van der Waals surface area contributed by atoms with Crippen LogP contribution in [0, 0.1) is 5.92 Å². The number of pyridine rings is 1. The number of aryl methyl sites for hydroxylation is 1. The van der Waals surface area contributed by atoms with E-state index in [-0.39, 0.29) is 17.9 Å². The Morgan fingerprint density at radius 2 is 2.21 bits per heavy atom. The monoisotopic (exact) mass is 341 g/mol. The molecule has 1 fully saturated rings. The van der Waals surface area contributed by atoms with Gasteiger partial charge in [0.05, 0.1) is 5.69 Å². The molecular weight excluding hydrogens is 322 g/mol. The molecule has 6 heteroatoms. The highest BCUT2D eigenvalue weighted by atomic mass is 32.1. The predicted octanol–water partition coefficient (Wildman–Crippen LogP) is 2.98. The van der Waals surface area contributed by atoms with Gasteiger partial charge in [-0.15, -0.1) is 11.3 Å². The number of nitrogens with zero attached hydrogens (tertiary/aromatic N) is 2. The average molecular weight is 341 g/mol. The molecule has 1 unspecified atom stereocenters. The minimum absolute atomic E-state index is 0.0137. The van der Waals surface area contributed by atoms with Gasteiger partial charge in [0, 0.05) is 17.6 Å². The van der Waals surface area contributed by atoms with Crippen LogP contribution < -0.4 is 5.32 Å². The Morgan fingerprint density at radius 3 is 3.08 bits per heavy atom. The van der Waals surface area contributed by atoms with Crippen molar-refractivity contribution in [1.29, 1.82) is 0 Å². The predicted molar refractivity (Wildman–Crippen MR) is 93.5 cm³/mol. The van der Waals surface area contributed by atoms with Crippen LogP contribution in [-0.2, 0) is 17.6 Å². The van der Waals surface area contributed by atoms with E-state index in [0.717, 1.165) is 41.6 Å². The molecule has 2 aromatic heterocycles. The molecule has 1 saturated heterocycles. The van der Waals surface area contributed by atoms with E-state index < -0.39 is 0 Å². The summed E-state index contributed by atoms with van der Waals surface area (Å²) in [7, 11) is 0. The second-order valence-corrected chi connectivity index (χ2v) is 8.25. The van der Waals surface area contributed by atoms with E-state index in [4.69, 9.17) is 4.98 Å². The van der Waals surface area contributed by atoms with Gasteiger partial charge in [0.15, 0.2) is 0 Å². The summed E-state index contributed by atoms with van der Waals surface area (Å²) in [5.74, 6) is 0.598. The highest BCUT2D eigenvalue weighted by Gasteiger charge is 2.40. The van der Waals surface area contributed by atoms with Gasteiger partial charge in [-0.05, 0) is 49.7 Å². The van der Waals surface area contributed by atoms with E-state index >= 15 is 0 Å². The van der Waals surface area contributed by atoms with Crippen LogP contribution in [0.1, 0.15) is 47.1 Å². The third kappa shape index (κ3) is 1.95. The first-order chi connectivity index (χ1) is 11.6. The molecule has 3 aliphatic rings. The van der Waals surface area contributed by atoms with Gasteiger partial charge in [-0.3, -0.25) is 9.59 Å². The van der Waals surface area contributed by atoms with Crippen LogP contribution in [0.25, 0.3) is 10.2 Å². The van der Waals surface area contributed by atoms with Gasteiger partial charge >= 0.3 is 0 Å². The maximum Gasteiger partial charge on any atom is 0.266 e. The Bertz CT molecular complexity index is 888. The van der Waals surface area contributed by atoms with Crippen molar-refractivity contribution in [3.8, 4) is 0 Å². The maximum atomic E-state index is 12.9. The van der Waals surface area contributed by atoms with Crippen molar-refractivity contribution in [2.45, 2.75) is 45.1 Å². The molecule has 0 saturated carbocycles. The van der Waals surface area contributed by atoms with E-state index in [9.17, 15) is 9.59 Å². The molecule has 2 aliphatic heterocycles. The lowest BCUT2D eigenvalue weighted by molar-refractivity contribution is -0.119. The molecule has 4 heterocycles. The van der Waals surface area contributed by atoms with Gasteiger partial charge in [-0.25, -0.2) is 4.98 Å². The van der Waals surface area contributed by atoms with Crippen molar-refractivity contribution < 1.29 is 9.59 Å². The number of carbonyl (C=O) groups is 2. The number of nitrogens with one attached hydrogen (secondary N) is 1. The largest absolute Gasteiger partial charge is 0.326 e.